The standard InChI is InChI=1S/C9H8F2N2/c10-7-4-6(2-1-3-12)5-8(11)9(7)13/h4-5H,3,12-13H2. The zero-order valence-electron chi connectivity index (χ0n) is 6.77. The highest BCUT2D eigenvalue weighted by molar-refractivity contribution is 5.47. The lowest BCUT2D eigenvalue weighted by atomic mass is 10.2. The van der Waals surface area contributed by atoms with Crippen LogP contribution in [-0.2, 0) is 0 Å². The second-order valence-electron chi connectivity index (χ2n) is 2.36. The van der Waals surface area contributed by atoms with E-state index in [0.717, 1.165) is 12.1 Å². The van der Waals surface area contributed by atoms with E-state index in [0.29, 0.717) is 0 Å². The predicted octanol–water partition coefficient (Wildman–Crippen LogP) is 0.857. The molecule has 0 saturated carbocycles. The number of anilines is 1. The first-order chi connectivity index (χ1) is 6.15. The molecule has 0 fully saturated rings. The van der Waals surface area contributed by atoms with Crippen LogP contribution in [0.3, 0.4) is 0 Å². The van der Waals surface area contributed by atoms with Crippen molar-refractivity contribution in [2.24, 2.45) is 5.73 Å². The minimum Gasteiger partial charge on any atom is -0.394 e. The van der Waals surface area contributed by atoms with Crippen molar-refractivity contribution in [3.63, 3.8) is 0 Å². The van der Waals surface area contributed by atoms with Crippen molar-refractivity contribution < 1.29 is 8.78 Å². The minimum absolute atomic E-state index is 0.146. The van der Waals surface area contributed by atoms with Crippen molar-refractivity contribution >= 4 is 5.69 Å². The maximum absolute atomic E-state index is 12.8. The molecule has 1 aromatic carbocycles. The van der Waals surface area contributed by atoms with Crippen LogP contribution >= 0.6 is 0 Å². The molecule has 1 aromatic rings. The van der Waals surface area contributed by atoms with Gasteiger partial charge in [-0.25, -0.2) is 8.78 Å². The van der Waals surface area contributed by atoms with E-state index in [1.807, 2.05) is 0 Å². The second-order valence-corrected chi connectivity index (χ2v) is 2.36. The third kappa shape index (κ3) is 2.17. The van der Waals surface area contributed by atoms with Crippen LogP contribution in [-0.4, -0.2) is 6.54 Å². The minimum atomic E-state index is -0.804. The van der Waals surface area contributed by atoms with E-state index in [1.165, 1.54) is 0 Å². The van der Waals surface area contributed by atoms with Crippen LogP contribution in [0.5, 0.6) is 0 Å². The van der Waals surface area contributed by atoms with Crippen LogP contribution in [0.4, 0.5) is 14.5 Å². The third-order valence-electron chi connectivity index (χ3n) is 1.41. The Balaban J connectivity index is 3.13. The first kappa shape index (κ1) is 9.49. The molecule has 13 heavy (non-hydrogen) atoms. The fourth-order valence-corrected chi connectivity index (χ4v) is 0.810. The molecule has 0 bridgehead atoms. The molecule has 0 aliphatic carbocycles. The summed E-state index contributed by atoms with van der Waals surface area (Å²) < 4.78 is 25.6. The van der Waals surface area contributed by atoms with Gasteiger partial charge in [-0.1, -0.05) is 11.8 Å². The second kappa shape index (κ2) is 3.87. The predicted molar refractivity (Wildman–Crippen MR) is 46.7 cm³/mol. The average Bonchev–Trinajstić information content (AvgIpc) is 2.10. The van der Waals surface area contributed by atoms with E-state index in [2.05, 4.69) is 11.8 Å². The van der Waals surface area contributed by atoms with Crippen molar-refractivity contribution in [3.05, 3.63) is 29.3 Å². The van der Waals surface area contributed by atoms with Gasteiger partial charge in [0.05, 0.1) is 6.54 Å². The van der Waals surface area contributed by atoms with Gasteiger partial charge in [0.25, 0.3) is 0 Å². The number of hydrogen-bond donors (Lipinski definition) is 2. The number of nitrogen functional groups attached to an aromatic ring is 1. The lowest BCUT2D eigenvalue weighted by Gasteiger charge is -1.98. The number of halogens is 2. The maximum atomic E-state index is 12.8. The molecular weight excluding hydrogens is 174 g/mol. The van der Waals surface area contributed by atoms with E-state index in [-0.39, 0.29) is 12.1 Å². The van der Waals surface area contributed by atoms with Gasteiger partial charge in [-0.3, -0.25) is 0 Å². The van der Waals surface area contributed by atoms with Crippen molar-refractivity contribution in [1.82, 2.24) is 0 Å². The summed E-state index contributed by atoms with van der Waals surface area (Å²) in [6.07, 6.45) is 0. The Kier molecular flexibility index (Phi) is 2.83. The van der Waals surface area contributed by atoms with Crippen LogP contribution in [0.1, 0.15) is 5.56 Å². The van der Waals surface area contributed by atoms with Gasteiger partial charge in [-0.05, 0) is 12.1 Å². The Morgan fingerprint density at radius 1 is 1.23 bits per heavy atom. The van der Waals surface area contributed by atoms with E-state index >= 15 is 0 Å². The van der Waals surface area contributed by atoms with Gasteiger partial charge in [-0.15, -0.1) is 0 Å². The van der Waals surface area contributed by atoms with Crippen LogP contribution in [0.2, 0.25) is 0 Å². The van der Waals surface area contributed by atoms with Gasteiger partial charge in [0.1, 0.15) is 17.3 Å². The van der Waals surface area contributed by atoms with Gasteiger partial charge < -0.3 is 11.5 Å². The topological polar surface area (TPSA) is 52.0 Å². The van der Waals surface area contributed by atoms with E-state index in [1.54, 1.807) is 0 Å². The SMILES string of the molecule is NCC#Cc1cc(F)c(N)c(F)c1. The van der Waals surface area contributed by atoms with Crippen LogP contribution in [0.15, 0.2) is 12.1 Å². The lowest BCUT2D eigenvalue weighted by Crippen LogP contribution is -1.97. The van der Waals surface area contributed by atoms with Crippen molar-refractivity contribution in [2.75, 3.05) is 12.3 Å². The smallest absolute Gasteiger partial charge is 0.150 e. The first-order valence-corrected chi connectivity index (χ1v) is 3.58. The Bertz CT molecular complexity index is 354. The fraction of sp³-hybridized carbons (Fsp3) is 0.111. The summed E-state index contributed by atoms with van der Waals surface area (Å²) in [5.41, 5.74) is 9.90. The molecule has 2 nitrogen and oxygen atoms in total. The fourth-order valence-electron chi connectivity index (χ4n) is 0.810. The Labute approximate surface area is 74.5 Å². The summed E-state index contributed by atoms with van der Waals surface area (Å²) in [5.74, 6) is 3.38. The molecule has 0 heterocycles. The monoisotopic (exact) mass is 182 g/mol. The summed E-state index contributed by atoms with van der Waals surface area (Å²) in [7, 11) is 0. The maximum Gasteiger partial charge on any atom is 0.150 e. The highest BCUT2D eigenvalue weighted by atomic mass is 19.1. The summed E-state index contributed by atoms with van der Waals surface area (Å²) in [4.78, 5) is 0. The molecule has 1 rings (SSSR count). The van der Waals surface area contributed by atoms with Gasteiger partial charge in [0.2, 0.25) is 0 Å². The van der Waals surface area contributed by atoms with Crippen molar-refractivity contribution in [1.29, 1.82) is 0 Å². The number of rotatable bonds is 0. The highest BCUT2D eigenvalue weighted by Gasteiger charge is 2.05. The van der Waals surface area contributed by atoms with Gasteiger partial charge in [-0.2, -0.15) is 0 Å². The normalized spacial score (nSPS) is 9.15. The molecule has 0 radical (unpaired) electrons. The van der Waals surface area contributed by atoms with Crippen molar-refractivity contribution in [2.45, 2.75) is 0 Å². The van der Waals surface area contributed by atoms with E-state index < -0.39 is 17.3 Å². The van der Waals surface area contributed by atoms with Gasteiger partial charge in [0, 0.05) is 5.56 Å². The Morgan fingerprint density at radius 2 is 1.77 bits per heavy atom. The number of hydrogen-bond acceptors (Lipinski definition) is 2. The molecule has 0 amide bonds. The molecule has 0 atom stereocenters. The first-order valence-electron chi connectivity index (χ1n) is 3.58. The summed E-state index contributed by atoms with van der Waals surface area (Å²) >= 11 is 0. The molecule has 0 unspecified atom stereocenters. The summed E-state index contributed by atoms with van der Waals surface area (Å²) in [6.45, 7) is 0.146. The van der Waals surface area contributed by atoms with E-state index in [4.69, 9.17) is 11.5 Å². The summed E-state index contributed by atoms with van der Waals surface area (Å²) in [6, 6.07) is 2.14. The van der Waals surface area contributed by atoms with Crippen molar-refractivity contribution in [3.8, 4) is 11.8 Å². The lowest BCUT2D eigenvalue weighted by molar-refractivity contribution is 0.591. The number of benzene rings is 1. The number of nitrogens with two attached hydrogens (primary N) is 2. The molecule has 0 aliphatic rings. The quantitative estimate of drug-likeness (QED) is 0.461. The third-order valence-corrected chi connectivity index (χ3v) is 1.41. The molecule has 4 heteroatoms. The van der Waals surface area contributed by atoms with E-state index in [9.17, 15) is 8.78 Å². The van der Waals surface area contributed by atoms with Gasteiger partial charge >= 0.3 is 0 Å². The Hall–Kier alpha value is -1.60. The average molecular weight is 182 g/mol. The van der Waals surface area contributed by atoms with Gasteiger partial charge in [0.15, 0.2) is 0 Å². The molecule has 0 saturated heterocycles. The Morgan fingerprint density at radius 3 is 2.23 bits per heavy atom. The molecule has 4 N–H and O–H groups in total. The van der Waals surface area contributed by atoms with Crippen LogP contribution < -0.4 is 11.5 Å². The molecule has 0 aromatic heterocycles. The van der Waals surface area contributed by atoms with Crippen LogP contribution in [0, 0.1) is 23.5 Å². The van der Waals surface area contributed by atoms with Crippen LogP contribution in [0.25, 0.3) is 0 Å². The molecular formula is C9H8F2N2. The molecule has 0 spiro atoms. The highest BCUT2D eigenvalue weighted by Crippen LogP contribution is 2.16. The molecule has 68 valence electrons. The zero-order valence-corrected chi connectivity index (χ0v) is 6.77. The molecule has 0 aliphatic heterocycles. The largest absolute Gasteiger partial charge is 0.394 e. The zero-order chi connectivity index (χ0) is 9.84. The summed E-state index contributed by atoms with van der Waals surface area (Å²) in [5, 5.41) is 0.